The zero-order valence-corrected chi connectivity index (χ0v) is 12.0. The van der Waals surface area contributed by atoms with Crippen LogP contribution in [0.25, 0.3) is 0 Å². The maximum absolute atomic E-state index is 5.61. The van der Waals surface area contributed by atoms with Crippen molar-refractivity contribution < 1.29 is 14.2 Å². The molecule has 0 bridgehead atoms. The molecule has 1 rings (SSSR count). The van der Waals surface area contributed by atoms with Gasteiger partial charge in [0.05, 0.1) is 13.2 Å². The molecule has 0 aliphatic heterocycles. The zero-order chi connectivity index (χ0) is 12.7. The van der Waals surface area contributed by atoms with E-state index in [0.717, 1.165) is 10.9 Å². The van der Waals surface area contributed by atoms with E-state index in [0.29, 0.717) is 24.8 Å². The van der Waals surface area contributed by atoms with Gasteiger partial charge in [-0.05, 0) is 29.3 Å². The fourth-order valence-electron chi connectivity index (χ4n) is 1.35. The summed E-state index contributed by atoms with van der Waals surface area (Å²) in [5.74, 6) is 1.11. The van der Waals surface area contributed by atoms with E-state index in [1.165, 1.54) is 0 Å². The molecule has 4 nitrogen and oxygen atoms in total. The molecule has 1 atom stereocenters. The number of ether oxygens (including phenoxy) is 3. The predicted molar refractivity (Wildman–Crippen MR) is 69.7 cm³/mol. The molecule has 0 spiro atoms. The minimum Gasteiger partial charge on any atom is -0.491 e. The Kier molecular flexibility index (Phi) is 6.29. The molecule has 17 heavy (non-hydrogen) atoms. The van der Waals surface area contributed by atoms with E-state index in [-0.39, 0.29) is 6.10 Å². The zero-order valence-electron chi connectivity index (χ0n) is 10.4. The van der Waals surface area contributed by atoms with Crippen LogP contribution in [0.5, 0.6) is 11.6 Å². The standard InChI is InChI=1S/C12H18BrNO3/c1-4-10(16-5-2)8-17-12-11(15-3)6-9(13)7-14-12/h6-7,10H,4-5,8H2,1-3H3. The fourth-order valence-corrected chi connectivity index (χ4v) is 1.66. The van der Waals surface area contributed by atoms with E-state index in [2.05, 4.69) is 27.8 Å². The minimum atomic E-state index is 0.0927. The highest BCUT2D eigenvalue weighted by Crippen LogP contribution is 2.27. The average Bonchev–Trinajstić information content (AvgIpc) is 2.35. The first-order valence-electron chi connectivity index (χ1n) is 5.65. The van der Waals surface area contributed by atoms with Crippen LogP contribution in [0.2, 0.25) is 0 Å². The Balaban J connectivity index is 2.61. The average molecular weight is 304 g/mol. The lowest BCUT2D eigenvalue weighted by atomic mass is 10.3. The van der Waals surface area contributed by atoms with Crippen molar-refractivity contribution in [1.82, 2.24) is 4.98 Å². The second-order valence-electron chi connectivity index (χ2n) is 3.46. The van der Waals surface area contributed by atoms with Crippen LogP contribution in [0.1, 0.15) is 20.3 Å². The molecule has 0 aliphatic rings. The number of aromatic nitrogens is 1. The Bertz CT molecular complexity index is 347. The third kappa shape index (κ3) is 4.52. The number of nitrogens with zero attached hydrogens (tertiary/aromatic N) is 1. The van der Waals surface area contributed by atoms with Gasteiger partial charge < -0.3 is 14.2 Å². The Morgan fingerprint density at radius 1 is 1.41 bits per heavy atom. The molecule has 0 aliphatic carbocycles. The van der Waals surface area contributed by atoms with E-state index in [4.69, 9.17) is 14.2 Å². The molecule has 96 valence electrons. The molecule has 1 aromatic heterocycles. The maximum atomic E-state index is 5.61. The molecule has 0 saturated heterocycles. The second kappa shape index (κ2) is 7.50. The van der Waals surface area contributed by atoms with Crippen LogP contribution in [0, 0.1) is 0 Å². The highest BCUT2D eigenvalue weighted by Gasteiger charge is 2.11. The van der Waals surface area contributed by atoms with Crippen molar-refractivity contribution in [2.75, 3.05) is 20.3 Å². The summed E-state index contributed by atoms with van der Waals surface area (Å²) in [5.41, 5.74) is 0. The van der Waals surface area contributed by atoms with E-state index >= 15 is 0 Å². The summed E-state index contributed by atoms with van der Waals surface area (Å²) >= 11 is 3.33. The Morgan fingerprint density at radius 3 is 2.76 bits per heavy atom. The molecule has 1 heterocycles. The van der Waals surface area contributed by atoms with E-state index < -0.39 is 0 Å². The Morgan fingerprint density at radius 2 is 2.18 bits per heavy atom. The van der Waals surface area contributed by atoms with Gasteiger partial charge >= 0.3 is 0 Å². The van der Waals surface area contributed by atoms with E-state index in [1.807, 2.05) is 13.0 Å². The van der Waals surface area contributed by atoms with Crippen LogP contribution in [-0.4, -0.2) is 31.4 Å². The van der Waals surface area contributed by atoms with Gasteiger partial charge in [0.1, 0.15) is 6.61 Å². The van der Waals surface area contributed by atoms with Crippen molar-refractivity contribution in [3.63, 3.8) is 0 Å². The van der Waals surface area contributed by atoms with Crippen molar-refractivity contribution in [3.8, 4) is 11.6 Å². The van der Waals surface area contributed by atoms with Crippen LogP contribution >= 0.6 is 15.9 Å². The molecule has 1 unspecified atom stereocenters. The highest BCUT2D eigenvalue weighted by molar-refractivity contribution is 9.10. The van der Waals surface area contributed by atoms with Crippen molar-refractivity contribution in [1.29, 1.82) is 0 Å². The number of pyridine rings is 1. The molecule has 0 radical (unpaired) electrons. The van der Waals surface area contributed by atoms with Crippen molar-refractivity contribution >= 4 is 15.9 Å². The van der Waals surface area contributed by atoms with Gasteiger partial charge in [-0.25, -0.2) is 4.98 Å². The van der Waals surface area contributed by atoms with Crippen molar-refractivity contribution in [3.05, 3.63) is 16.7 Å². The van der Waals surface area contributed by atoms with Crippen molar-refractivity contribution in [2.24, 2.45) is 0 Å². The van der Waals surface area contributed by atoms with E-state index in [1.54, 1.807) is 13.3 Å². The number of rotatable bonds is 7. The summed E-state index contributed by atoms with van der Waals surface area (Å²) in [6, 6.07) is 1.82. The fraction of sp³-hybridized carbons (Fsp3) is 0.583. The molecule has 0 aromatic carbocycles. The first-order chi connectivity index (χ1) is 8.21. The monoisotopic (exact) mass is 303 g/mol. The first kappa shape index (κ1) is 14.3. The van der Waals surface area contributed by atoms with Crippen molar-refractivity contribution in [2.45, 2.75) is 26.4 Å². The predicted octanol–water partition coefficient (Wildman–Crippen LogP) is 3.05. The number of hydrogen-bond acceptors (Lipinski definition) is 4. The number of halogens is 1. The molecule has 0 amide bonds. The Labute approximate surface area is 110 Å². The van der Waals surface area contributed by atoms with Crippen LogP contribution in [0.15, 0.2) is 16.7 Å². The largest absolute Gasteiger partial charge is 0.491 e. The Hall–Kier alpha value is -0.810. The summed E-state index contributed by atoms with van der Waals surface area (Å²) in [4.78, 5) is 4.17. The summed E-state index contributed by atoms with van der Waals surface area (Å²) < 4.78 is 17.2. The minimum absolute atomic E-state index is 0.0927. The third-order valence-electron chi connectivity index (χ3n) is 2.27. The molecule has 1 aromatic rings. The molecule has 0 fully saturated rings. The number of hydrogen-bond donors (Lipinski definition) is 0. The van der Waals surface area contributed by atoms with Crippen LogP contribution in [-0.2, 0) is 4.74 Å². The first-order valence-corrected chi connectivity index (χ1v) is 6.44. The SMILES string of the molecule is CCOC(CC)COc1ncc(Br)cc1OC. The lowest BCUT2D eigenvalue weighted by Crippen LogP contribution is -2.21. The summed E-state index contributed by atoms with van der Waals surface area (Å²) in [7, 11) is 1.59. The van der Waals surface area contributed by atoms with Crippen LogP contribution in [0.3, 0.4) is 0 Å². The third-order valence-corrected chi connectivity index (χ3v) is 2.70. The lowest BCUT2D eigenvalue weighted by Gasteiger charge is -2.16. The highest BCUT2D eigenvalue weighted by atomic mass is 79.9. The molecular weight excluding hydrogens is 286 g/mol. The van der Waals surface area contributed by atoms with Gasteiger partial charge in [0.15, 0.2) is 5.75 Å². The molecule has 0 saturated carbocycles. The summed E-state index contributed by atoms with van der Waals surface area (Å²) in [6.45, 7) is 5.21. The maximum Gasteiger partial charge on any atom is 0.257 e. The van der Waals surface area contributed by atoms with Gasteiger partial charge in [-0.1, -0.05) is 6.92 Å². The van der Waals surface area contributed by atoms with E-state index in [9.17, 15) is 0 Å². The van der Waals surface area contributed by atoms with Gasteiger partial charge in [0.25, 0.3) is 5.88 Å². The summed E-state index contributed by atoms with van der Waals surface area (Å²) in [6.07, 6.45) is 2.68. The molecule has 5 heteroatoms. The van der Waals surface area contributed by atoms with Gasteiger partial charge in [-0.3, -0.25) is 0 Å². The van der Waals surface area contributed by atoms with Gasteiger partial charge in [-0.2, -0.15) is 0 Å². The smallest absolute Gasteiger partial charge is 0.257 e. The summed E-state index contributed by atoms with van der Waals surface area (Å²) in [5, 5.41) is 0. The van der Waals surface area contributed by atoms with Crippen LogP contribution in [0.4, 0.5) is 0 Å². The number of methoxy groups -OCH3 is 1. The van der Waals surface area contributed by atoms with Gasteiger partial charge in [0, 0.05) is 23.3 Å². The van der Waals surface area contributed by atoms with Gasteiger partial charge in [-0.15, -0.1) is 0 Å². The molecule has 0 N–H and O–H groups in total. The van der Waals surface area contributed by atoms with Gasteiger partial charge in [0.2, 0.25) is 0 Å². The molecular formula is C12H18BrNO3. The van der Waals surface area contributed by atoms with Crippen LogP contribution < -0.4 is 9.47 Å². The lowest BCUT2D eigenvalue weighted by molar-refractivity contribution is 0.0237. The normalized spacial score (nSPS) is 12.2. The quantitative estimate of drug-likeness (QED) is 0.776. The second-order valence-corrected chi connectivity index (χ2v) is 4.37. The topological polar surface area (TPSA) is 40.6 Å².